The van der Waals surface area contributed by atoms with Gasteiger partial charge in [-0.25, -0.2) is 13.8 Å². The van der Waals surface area contributed by atoms with Crippen molar-refractivity contribution >= 4 is 11.0 Å². The molecule has 0 saturated heterocycles. The molecule has 0 aliphatic heterocycles. The number of fused-ring (bicyclic) bond motifs is 1. The van der Waals surface area contributed by atoms with Crippen molar-refractivity contribution in [1.29, 1.82) is 5.26 Å². The van der Waals surface area contributed by atoms with E-state index in [4.69, 9.17) is 5.26 Å². The minimum absolute atomic E-state index is 0.368. The van der Waals surface area contributed by atoms with E-state index in [0.29, 0.717) is 29.1 Å². The number of rotatable bonds is 3. The van der Waals surface area contributed by atoms with Crippen molar-refractivity contribution in [1.82, 2.24) is 9.55 Å². The van der Waals surface area contributed by atoms with E-state index in [-0.39, 0.29) is 0 Å². The maximum atomic E-state index is 13.6. The van der Waals surface area contributed by atoms with Crippen molar-refractivity contribution in [3.63, 3.8) is 0 Å². The van der Waals surface area contributed by atoms with Gasteiger partial charge in [-0.15, -0.1) is 0 Å². The molecule has 0 atom stereocenters. The van der Waals surface area contributed by atoms with Gasteiger partial charge >= 0.3 is 0 Å². The van der Waals surface area contributed by atoms with Gasteiger partial charge in [0.05, 0.1) is 22.7 Å². The maximum absolute atomic E-state index is 13.6. The number of halogens is 2. The van der Waals surface area contributed by atoms with Gasteiger partial charge in [0.1, 0.15) is 5.82 Å². The molecule has 1 aromatic heterocycles. The van der Waals surface area contributed by atoms with Crippen LogP contribution in [-0.4, -0.2) is 9.55 Å². The smallest absolute Gasteiger partial charge is 0.161 e. The Morgan fingerprint density at radius 2 is 1.83 bits per heavy atom. The van der Waals surface area contributed by atoms with E-state index >= 15 is 0 Å². The molecule has 1 aliphatic rings. The van der Waals surface area contributed by atoms with Crippen LogP contribution in [0.4, 0.5) is 8.78 Å². The minimum atomic E-state index is -0.872. The number of nitrogens with zero attached hydrogens (tertiary/aromatic N) is 3. The molecule has 0 unspecified atom stereocenters. The summed E-state index contributed by atoms with van der Waals surface area (Å²) in [4.78, 5) is 4.51. The van der Waals surface area contributed by atoms with Crippen molar-refractivity contribution in [2.24, 2.45) is 0 Å². The molecule has 1 fully saturated rings. The number of aromatic nitrogens is 2. The second-order valence-corrected chi connectivity index (χ2v) is 5.89. The Morgan fingerprint density at radius 3 is 2.48 bits per heavy atom. The Labute approximate surface area is 131 Å². The van der Waals surface area contributed by atoms with Crippen LogP contribution in [0.1, 0.15) is 35.7 Å². The molecule has 114 valence electrons. The van der Waals surface area contributed by atoms with Crippen LogP contribution < -0.4 is 0 Å². The first-order chi connectivity index (χ1) is 11.2. The van der Waals surface area contributed by atoms with Gasteiger partial charge in [-0.05, 0) is 30.5 Å². The first kappa shape index (κ1) is 13.9. The van der Waals surface area contributed by atoms with E-state index in [9.17, 15) is 8.78 Å². The molecule has 0 spiro atoms. The predicted octanol–water partition coefficient (Wildman–Crippen LogP) is 4.11. The maximum Gasteiger partial charge on any atom is 0.161 e. The lowest BCUT2D eigenvalue weighted by Crippen LogP contribution is -2.04. The molecular weight excluding hydrogens is 296 g/mol. The highest BCUT2D eigenvalue weighted by molar-refractivity contribution is 5.76. The standard InChI is InChI=1S/C18H13F2N3/c19-14-7-16-17(8-15(14)20)23(18(22-16)13-5-6-13)10-12-3-1-11(9-21)2-4-12/h1-4,7-8,13H,5-6,10H2. The van der Waals surface area contributed by atoms with Gasteiger partial charge in [-0.2, -0.15) is 5.26 Å². The van der Waals surface area contributed by atoms with Gasteiger partial charge in [0.15, 0.2) is 11.6 Å². The Hall–Kier alpha value is -2.74. The molecule has 1 heterocycles. The lowest BCUT2D eigenvalue weighted by molar-refractivity contribution is 0.510. The van der Waals surface area contributed by atoms with Crippen molar-refractivity contribution in [2.45, 2.75) is 25.3 Å². The van der Waals surface area contributed by atoms with Crippen LogP contribution in [0.15, 0.2) is 36.4 Å². The molecule has 4 rings (SSSR count). The van der Waals surface area contributed by atoms with Crippen LogP contribution in [-0.2, 0) is 6.54 Å². The van der Waals surface area contributed by atoms with Crippen LogP contribution in [0.25, 0.3) is 11.0 Å². The van der Waals surface area contributed by atoms with Gasteiger partial charge < -0.3 is 4.57 Å². The largest absolute Gasteiger partial charge is 0.323 e. The molecule has 3 aromatic rings. The highest BCUT2D eigenvalue weighted by Gasteiger charge is 2.30. The summed E-state index contributed by atoms with van der Waals surface area (Å²) in [7, 11) is 0. The van der Waals surface area contributed by atoms with Crippen molar-refractivity contribution in [2.75, 3.05) is 0 Å². The second kappa shape index (κ2) is 5.17. The third kappa shape index (κ3) is 2.46. The first-order valence-corrected chi connectivity index (χ1v) is 7.50. The summed E-state index contributed by atoms with van der Waals surface area (Å²) in [5.41, 5.74) is 2.68. The molecular formula is C18H13F2N3. The zero-order chi connectivity index (χ0) is 16.0. The van der Waals surface area contributed by atoms with Crippen molar-refractivity contribution in [3.8, 4) is 6.07 Å². The third-order valence-electron chi connectivity index (χ3n) is 4.19. The number of hydrogen-bond donors (Lipinski definition) is 0. The monoisotopic (exact) mass is 309 g/mol. The Bertz CT molecular complexity index is 932. The Kier molecular flexibility index (Phi) is 3.12. The lowest BCUT2D eigenvalue weighted by Gasteiger charge is -2.09. The summed E-state index contributed by atoms with van der Waals surface area (Å²) < 4.78 is 29.1. The summed E-state index contributed by atoms with van der Waals surface area (Å²) in [6, 6.07) is 11.7. The van der Waals surface area contributed by atoms with Gasteiger partial charge in [0.2, 0.25) is 0 Å². The van der Waals surface area contributed by atoms with Crippen LogP contribution in [0.2, 0.25) is 0 Å². The van der Waals surface area contributed by atoms with Gasteiger partial charge in [-0.3, -0.25) is 0 Å². The van der Waals surface area contributed by atoms with E-state index in [1.807, 2.05) is 16.7 Å². The molecule has 0 amide bonds. The fourth-order valence-corrected chi connectivity index (χ4v) is 2.83. The van der Waals surface area contributed by atoms with E-state index in [2.05, 4.69) is 11.1 Å². The van der Waals surface area contributed by atoms with E-state index in [1.165, 1.54) is 6.07 Å². The summed E-state index contributed by atoms with van der Waals surface area (Å²) in [5, 5.41) is 8.87. The van der Waals surface area contributed by atoms with E-state index in [0.717, 1.165) is 30.3 Å². The highest BCUT2D eigenvalue weighted by atomic mass is 19.2. The third-order valence-corrected chi connectivity index (χ3v) is 4.19. The molecule has 1 saturated carbocycles. The summed E-state index contributed by atoms with van der Waals surface area (Å²) >= 11 is 0. The fraction of sp³-hybridized carbons (Fsp3) is 0.222. The number of imidazole rings is 1. The van der Waals surface area contributed by atoms with E-state index < -0.39 is 11.6 Å². The molecule has 23 heavy (non-hydrogen) atoms. The summed E-state index contributed by atoms with van der Waals surface area (Å²) in [6.07, 6.45) is 2.11. The molecule has 0 N–H and O–H groups in total. The normalized spacial score (nSPS) is 14.1. The number of nitriles is 1. The molecule has 2 aromatic carbocycles. The molecule has 3 nitrogen and oxygen atoms in total. The van der Waals surface area contributed by atoms with Crippen LogP contribution in [0.5, 0.6) is 0 Å². The zero-order valence-corrected chi connectivity index (χ0v) is 12.3. The second-order valence-electron chi connectivity index (χ2n) is 5.89. The number of hydrogen-bond acceptors (Lipinski definition) is 2. The first-order valence-electron chi connectivity index (χ1n) is 7.50. The minimum Gasteiger partial charge on any atom is -0.323 e. The van der Waals surface area contributed by atoms with Crippen LogP contribution in [0, 0.1) is 23.0 Å². The average Bonchev–Trinajstić information content (AvgIpc) is 3.34. The van der Waals surface area contributed by atoms with Gasteiger partial charge in [0, 0.05) is 24.6 Å². The van der Waals surface area contributed by atoms with Gasteiger partial charge in [-0.1, -0.05) is 12.1 Å². The zero-order valence-electron chi connectivity index (χ0n) is 12.3. The van der Waals surface area contributed by atoms with Crippen LogP contribution in [0.3, 0.4) is 0 Å². The average molecular weight is 309 g/mol. The summed E-state index contributed by atoms with van der Waals surface area (Å²) in [5.74, 6) is -0.482. The molecule has 0 bridgehead atoms. The Balaban J connectivity index is 1.81. The van der Waals surface area contributed by atoms with E-state index in [1.54, 1.807) is 12.1 Å². The topological polar surface area (TPSA) is 41.6 Å². The van der Waals surface area contributed by atoms with Crippen molar-refractivity contribution in [3.05, 3.63) is 65.0 Å². The SMILES string of the molecule is N#Cc1ccc(Cn2c(C3CC3)nc3cc(F)c(F)cc32)cc1. The quantitative estimate of drug-likeness (QED) is 0.730. The highest BCUT2D eigenvalue weighted by Crippen LogP contribution is 2.41. The number of benzene rings is 2. The summed E-state index contributed by atoms with van der Waals surface area (Å²) in [6.45, 7) is 0.527. The van der Waals surface area contributed by atoms with Crippen LogP contribution >= 0.6 is 0 Å². The fourth-order valence-electron chi connectivity index (χ4n) is 2.83. The molecule has 0 radical (unpaired) electrons. The predicted molar refractivity (Wildman–Crippen MR) is 81.9 cm³/mol. The van der Waals surface area contributed by atoms with Crippen molar-refractivity contribution < 1.29 is 8.78 Å². The molecule has 1 aliphatic carbocycles. The Morgan fingerprint density at radius 1 is 1.13 bits per heavy atom. The lowest BCUT2D eigenvalue weighted by atomic mass is 10.1. The molecule has 5 heteroatoms. The van der Waals surface area contributed by atoms with Gasteiger partial charge in [0.25, 0.3) is 0 Å².